The molecule has 3 heterocycles. The van der Waals surface area contributed by atoms with Crippen LogP contribution in [0.25, 0.3) is 22.2 Å². The van der Waals surface area contributed by atoms with Gasteiger partial charge in [0.15, 0.2) is 0 Å². The molecule has 5 rings (SSSR count). The molecule has 202 valence electrons. The standard InChI is InChI=1S/C30H29N7O3/c1-30(2,3)37-18-26(27(36-37)20-7-12-24-19(16-20)6-5-14-32-24)35-29(39)34-21-8-10-22(11-9-21)40-23-13-15-33-25(17-23)28(38)31-4/h5-18H,1-4H3,(H,31,38)(H2,34,35,39). The number of urea groups is 1. The Morgan fingerprint density at radius 3 is 2.42 bits per heavy atom. The number of amides is 3. The molecule has 10 heteroatoms. The Hall–Kier alpha value is -5.25. The number of carbonyl (C=O) groups excluding carboxylic acids is 2. The number of nitrogens with one attached hydrogen (secondary N) is 3. The molecule has 0 radical (unpaired) electrons. The highest BCUT2D eigenvalue weighted by Gasteiger charge is 2.21. The lowest BCUT2D eigenvalue weighted by Gasteiger charge is -2.18. The van der Waals surface area contributed by atoms with Crippen LogP contribution in [0, 0.1) is 0 Å². The van der Waals surface area contributed by atoms with E-state index in [1.165, 1.54) is 13.2 Å². The fraction of sp³-hybridized carbons (Fsp3) is 0.167. The minimum atomic E-state index is -0.407. The Bertz CT molecular complexity index is 1690. The molecule has 40 heavy (non-hydrogen) atoms. The number of ether oxygens (including phenoxy) is 1. The summed E-state index contributed by atoms with van der Waals surface area (Å²) in [6.45, 7) is 6.15. The Morgan fingerprint density at radius 1 is 0.875 bits per heavy atom. The van der Waals surface area contributed by atoms with Gasteiger partial charge >= 0.3 is 6.03 Å². The van der Waals surface area contributed by atoms with Crippen LogP contribution in [0.1, 0.15) is 31.3 Å². The first-order valence-electron chi connectivity index (χ1n) is 12.7. The third kappa shape index (κ3) is 5.91. The molecule has 0 fully saturated rings. The number of fused-ring (bicyclic) bond motifs is 1. The summed E-state index contributed by atoms with van der Waals surface area (Å²) in [5.41, 5.74) is 3.55. The van der Waals surface area contributed by atoms with Crippen LogP contribution in [0.5, 0.6) is 11.5 Å². The summed E-state index contributed by atoms with van der Waals surface area (Å²) in [4.78, 5) is 33.2. The predicted octanol–water partition coefficient (Wildman–Crippen LogP) is 6.04. The van der Waals surface area contributed by atoms with E-state index in [2.05, 4.69) is 25.9 Å². The molecule has 0 aliphatic heterocycles. The summed E-state index contributed by atoms with van der Waals surface area (Å²) in [6.07, 6.45) is 5.10. The van der Waals surface area contributed by atoms with E-state index in [9.17, 15) is 9.59 Å². The van der Waals surface area contributed by atoms with E-state index in [1.807, 2.05) is 62.0 Å². The van der Waals surface area contributed by atoms with Crippen molar-refractivity contribution >= 4 is 34.2 Å². The molecule has 3 N–H and O–H groups in total. The molecule has 0 saturated heterocycles. The molecule has 5 aromatic rings. The number of aromatic nitrogens is 4. The molecule has 0 spiro atoms. The van der Waals surface area contributed by atoms with Crippen molar-refractivity contribution in [3.8, 4) is 22.8 Å². The molecule has 10 nitrogen and oxygen atoms in total. The first-order valence-corrected chi connectivity index (χ1v) is 12.7. The first-order chi connectivity index (χ1) is 19.2. The summed E-state index contributed by atoms with van der Waals surface area (Å²) in [5.74, 6) is 0.712. The summed E-state index contributed by atoms with van der Waals surface area (Å²) >= 11 is 0. The van der Waals surface area contributed by atoms with E-state index in [4.69, 9.17) is 9.84 Å². The molecule has 2 aromatic carbocycles. The molecular weight excluding hydrogens is 506 g/mol. The lowest BCUT2D eigenvalue weighted by molar-refractivity contribution is 0.0957. The summed E-state index contributed by atoms with van der Waals surface area (Å²) < 4.78 is 7.67. The van der Waals surface area contributed by atoms with Gasteiger partial charge in [-0.2, -0.15) is 5.10 Å². The molecule has 0 atom stereocenters. The average molecular weight is 536 g/mol. The van der Waals surface area contributed by atoms with Gasteiger partial charge in [-0.05, 0) is 69.3 Å². The molecule has 0 unspecified atom stereocenters. The maximum absolute atomic E-state index is 13.0. The van der Waals surface area contributed by atoms with E-state index in [-0.39, 0.29) is 17.1 Å². The maximum Gasteiger partial charge on any atom is 0.323 e. The van der Waals surface area contributed by atoms with Crippen LogP contribution in [-0.4, -0.2) is 38.7 Å². The third-order valence-corrected chi connectivity index (χ3v) is 6.07. The van der Waals surface area contributed by atoms with Crippen LogP contribution in [-0.2, 0) is 5.54 Å². The normalized spacial score (nSPS) is 11.2. The molecule has 0 bridgehead atoms. The van der Waals surface area contributed by atoms with Crippen LogP contribution in [0.2, 0.25) is 0 Å². The minimum absolute atomic E-state index is 0.254. The zero-order valence-electron chi connectivity index (χ0n) is 22.6. The number of pyridine rings is 2. The smallest absolute Gasteiger partial charge is 0.323 e. The van der Waals surface area contributed by atoms with Gasteiger partial charge in [-0.25, -0.2) is 4.79 Å². The van der Waals surface area contributed by atoms with Crippen molar-refractivity contribution in [1.29, 1.82) is 0 Å². The Kier molecular flexibility index (Phi) is 7.15. The van der Waals surface area contributed by atoms with Gasteiger partial charge in [-0.3, -0.25) is 19.4 Å². The quantitative estimate of drug-likeness (QED) is 0.243. The SMILES string of the molecule is CNC(=O)c1cc(Oc2ccc(NC(=O)Nc3cn(C(C)(C)C)nc3-c3ccc4ncccc4c3)cc2)ccn1. The van der Waals surface area contributed by atoms with Gasteiger partial charge in [-0.1, -0.05) is 12.1 Å². The van der Waals surface area contributed by atoms with Crippen LogP contribution >= 0.6 is 0 Å². The molecule has 3 amide bonds. The molecular formula is C30H29N7O3. The van der Waals surface area contributed by atoms with Gasteiger partial charge in [0.05, 0.1) is 16.7 Å². The Morgan fingerprint density at radius 2 is 1.68 bits per heavy atom. The van der Waals surface area contributed by atoms with E-state index in [0.717, 1.165) is 16.5 Å². The van der Waals surface area contributed by atoms with Gasteiger partial charge < -0.3 is 20.7 Å². The van der Waals surface area contributed by atoms with Crippen LogP contribution < -0.4 is 20.7 Å². The summed E-state index contributed by atoms with van der Waals surface area (Å²) in [7, 11) is 1.54. The first kappa shape index (κ1) is 26.4. The number of anilines is 2. The fourth-order valence-electron chi connectivity index (χ4n) is 4.00. The van der Waals surface area contributed by atoms with Crippen molar-refractivity contribution in [2.75, 3.05) is 17.7 Å². The number of rotatable bonds is 6. The van der Waals surface area contributed by atoms with Crippen LogP contribution in [0.15, 0.2) is 85.3 Å². The second-order valence-corrected chi connectivity index (χ2v) is 10.1. The molecule has 0 saturated carbocycles. The van der Waals surface area contributed by atoms with E-state index < -0.39 is 6.03 Å². The van der Waals surface area contributed by atoms with Crippen molar-refractivity contribution in [2.45, 2.75) is 26.3 Å². The third-order valence-electron chi connectivity index (χ3n) is 6.07. The fourth-order valence-corrected chi connectivity index (χ4v) is 4.00. The largest absolute Gasteiger partial charge is 0.457 e. The highest BCUT2D eigenvalue weighted by molar-refractivity contribution is 6.02. The summed E-state index contributed by atoms with van der Waals surface area (Å²) in [5, 5.41) is 14.1. The van der Waals surface area contributed by atoms with Crippen molar-refractivity contribution in [1.82, 2.24) is 25.1 Å². The highest BCUT2D eigenvalue weighted by Crippen LogP contribution is 2.31. The van der Waals surface area contributed by atoms with Gasteiger partial charge in [0.25, 0.3) is 5.91 Å². The topological polar surface area (TPSA) is 123 Å². The maximum atomic E-state index is 13.0. The Labute approximate surface area is 231 Å². The lowest BCUT2D eigenvalue weighted by atomic mass is 10.1. The van der Waals surface area contributed by atoms with Gasteiger partial charge in [0.1, 0.15) is 22.9 Å². The van der Waals surface area contributed by atoms with Gasteiger partial charge in [0, 0.05) is 48.3 Å². The number of benzene rings is 2. The van der Waals surface area contributed by atoms with Crippen molar-refractivity contribution in [3.05, 3.63) is 91.0 Å². The zero-order valence-corrected chi connectivity index (χ0v) is 22.6. The van der Waals surface area contributed by atoms with Crippen molar-refractivity contribution < 1.29 is 14.3 Å². The second-order valence-electron chi connectivity index (χ2n) is 10.1. The molecule has 3 aromatic heterocycles. The van der Waals surface area contributed by atoms with E-state index >= 15 is 0 Å². The van der Waals surface area contributed by atoms with Gasteiger partial charge in [0.2, 0.25) is 0 Å². The van der Waals surface area contributed by atoms with E-state index in [1.54, 1.807) is 42.6 Å². The number of hydrogen-bond donors (Lipinski definition) is 3. The monoisotopic (exact) mass is 535 g/mol. The van der Waals surface area contributed by atoms with Crippen molar-refractivity contribution in [2.24, 2.45) is 0 Å². The molecule has 0 aliphatic rings. The van der Waals surface area contributed by atoms with Gasteiger partial charge in [-0.15, -0.1) is 0 Å². The summed E-state index contributed by atoms with van der Waals surface area (Å²) in [6, 6.07) is 19.5. The Balaban J connectivity index is 1.31. The minimum Gasteiger partial charge on any atom is -0.457 e. The van der Waals surface area contributed by atoms with Crippen LogP contribution in [0.4, 0.5) is 16.2 Å². The molecule has 0 aliphatic carbocycles. The number of carbonyl (C=O) groups is 2. The average Bonchev–Trinajstić information content (AvgIpc) is 3.38. The highest BCUT2D eigenvalue weighted by atomic mass is 16.5. The lowest BCUT2D eigenvalue weighted by Crippen LogP contribution is -2.22. The predicted molar refractivity (Wildman–Crippen MR) is 155 cm³/mol. The van der Waals surface area contributed by atoms with Crippen LogP contribution in [0.3, 0.4) is 0 Å². The number of hydrogen-bond acceptors (Lipinski definition) is 6. The zero-order chi connectivity index (χ0) is 28.3. The van der Waals surface area contributed by atoms with Crippen molar-refractivity contribution in [3.63, 3.8) is 0 Å². The second kappa shape index (κ2) is 10.9. The number of nitrogens with zero attached hydrogens (tertiary/aromatic N) is 4. The van der Waals surface area contributed by atoms with E-state index in [0.29, 0.717) is 28.6 Å².